The van der Waals surface area contributed by atoms with Crippen LogP contribution in [0.15, 0.2) is 18.2 Å². The van der Waals surface area contributed by atoms with Crippen molar-refractivity contribution < 1.29 is 9.47 Å². The number of hydrogen-bond donors (Lipinski definition) is 1. The van der Waals surface area contributed by atoms with Crippen molar-refractivity contribution in [2.45, 2.75) is 32.7 Å². The summed E-state index contributed by atoms with van der Waals surface area (Å²) in [6, 6.07) is 6.30. The van der Waals surface area contributed by atoms with Crippen LogP contribution in [0.4, 0.5) is 0 Å². The summed E-state index contributed by atoms with van der Waals surface area (Å²) in [6.07, 6.45) is 2.81. The van der Waals surface area contributed by atoms with Crippen molar-refractivity contribution in [2.75, 3.05) is 20.8 Å². The monoisotopic (exact) mass is 263 g/mol. The predicted octanol–water partition coefficient (Wildman–Crippen LogP) is 3.40. The molecule has 1 aliphatic rings. The Hall–Kier alpha value is -1.22. The smallest absolute Gasteiger partial charge is 0.127 e. The summed E-state index contributed by atoms with van der Waals surface area (Å²) in [5.41, 5.74) is 1.19. The first-order chi connectivity index (χ1) is 9.15. The highest BCUT2D eigenvalue weighted by molar-refractivity contribution is 5.42. The highest BCUT2D eigenvalue weighted by Crippen LogP contribution is 2.36. The van der Waals surface area contributed by atoms with Crippen molar-refractivity contribution in [3.63, 3.8) is 0 Å². The second kappa shape index (κ2) is 6.29. The second-order valence-corrected chi connectivity index (χ2v) is 5.55. The molecule has 3 heteroatoms. The van der Waals surface area contributed by atoms with Crippen LogP contribution in [0.3, 0.4) is 0 Å². The average Bonchev–Trinajstić information content (AvgIpc) is 3.28. The van der Waals surface area contributed by atoms with Crippen LogP contribution in [-0.4, -0.2) is 20.8 Å². The number of hydrogen-bond acceptors (Lipinski definition) is 3. The third-order valence-electron chi connectivity index (χ3n) is 4.08. The lowest BCUT2D eigenvalue weighted by Gasteiger charge is -2.20. The standard InChI is InChI=1S/C16H25NO2/c1-11(13-5-6-13)10-17-12(2)15-8-7-14(18-3)9-16(15)19-4/h7-9,11-13,17H,5-6,10H2,1-4H3. The Balaban J connectivity index is 1.98. The zero-order chi connectivity index (χ0) is 13.8. The van der Waals surface area contributed by atoms with Crippen molar-refractivity contribution >= 4 is 0 Å². The number of ether oxygens (including phenoxy) is 2. The van der Waals surface area contributed by atoms with Gasteiger partial charge in [0.1, 0.15) is 11.5 Å². The van der Waals surface area contributed by atoms with Gasteiger partial charge in [0.25, 0.3) is 0 Å². The topological polar surface area (TPSA) is 30.5 Å². The molecule has 2 atom stereocenters. The quantitative estimate of drug-likeness (QED) is 0.818. The summed E-state index contributed by atoms with van der Waals surface area (Å²) < 4.78 is 10.7. The van der Waals surface area contributed by atoms with Crippen LogP contribution in [0.5, 0.6) is 11.5 Å². The first-order valence-electron chi connectivity index (χ1n) is 7.11. The summed E-state index contributed by atoms with van der Waals surface area (Å²) in [6.45, 7) is 5.59. The molecule has 0 bridgehead atoms. The van der Waals surface area contributed by atoms with Gasteiger partial charge in [0, 0.05) is 17.7 Å². The van der Waals surface area contributed by atoms with Crippen LogP contribution in [0.25, 0.3) is 0 Å². The van der Waals surface area contributed by atoms with E-state index in [0.717, 1.165) is 29.9 Å². The minimum atomic E-state index is 0.294. The Labute approximate surface area is 116 Å². The molecule has 0 amide bonds. The van der Waals surface area contributed by atoms with Gasteiger partial charge >= 0.3 is 0 Å². The van der Waals surface area contributed by atoms with Gasteiger partial charge in [-0.3, -0.25) is 0 Å². The molecule has 0 aromatic heterocycles. The fourth-order valence-electron chi connectivity index (χ4n) is 2.48. The van der Waals surface area contributed by atoms with Crippen LogP contribution in [0, 0.1) is 11.8 Å². The maximum atomic E-state index is 5.46. The predicted molar refractivity (Wildman–Crippen MR) is 77.9 cm³/mol. The first kappa shape index (κ1) is 14.2. The fraction of sp³-hybridized carbons (Fsp3) is 0.625. The van der Waals surface area contributed by atoms with E-state index in [4.69, 9.17) is 9.47 Å². The molecule has 0 aliphatic heterocycles. The minimum absolute atomic E-state index is 0.294. The Morgan fingerprint density at radius 1 is 1.21 bits per heavy atom. The average molecular weight is 263 g/mol. The lowest BCUT2D eigenvalue weighted by atomic mass is 10.0. The van der Waals surface area contributed by atoms with E-state index in [1.54, 1.807) is 14.2 Å². The number of nitrogens with one attached hydrogen (secondary N) is 1. The lowest BCUT2D eigenvalue weighted by molar-refractivity contribution is 0.380. The molecule has 3 nitrogen and oxygen atoms in total. The van der Waals surface area contributed by atoms with E-state index in [-0.39, 0.29) is 0 Å². The SMILES string of the molecule is COc1ccc(C(C)NCC(C)C2CC2)c(OC)c1. The molecule has 1 aliphatic carbocycles. The van der Waals surface area contributed by atoms with E-state index >= 15 is 0 Å². The number of benzene rings is 1. The Kier molecular flexibility index (Phi) is 4.70. The van der Waals surface area contributed by atoms with Crippen LogP contribution >= 0.6 is 0 Å². The van der Waals surface area contributed by atoms with E-state index in [0.29, 0.717) is 6.04 Å². The normalized spacial score (nSPS) is 17.9. The number of rotatable bonds is 7. The number of methoxy groups -OCH3 is 2. The van der Waals surface area contributed by atoms with Crippen molar-refractivity contribution in [1.82, 2.24) is 5.32 Å². The van der Waals surface area contributed by atoms with Crippen LogP contribution in [0.2, 0.25) is 0 Å². The molecular formula is C16H25NO2. The van der Waals surface area contributed by atoms with E-state index in [1.807, 2.05) is 12.1 Å². The van der Waals surface area contributed by atoms with Gasteiger partial charge < -0.3 is 14.8 Å². The molecule has 1 saturated carbocycles. The van der Waals surface area contributed by atoms with Gasteiger partial charge in [-0.2, -0.15) is 0 Å². The van der Waals surface area contributed by atoms with Gasteiger partial charge in [0.2, 0.25) is 0 Å². The zero-order valence-electron chi connectivity index (χ0n) is 12.4. The van der Waals surface area contributed by atoms with Gasteiger partial charge in [-0.25, -0.2) is 0 Å². The molecule has 2 rings (SSSR count). The van der Waals surface area contributed by atoms with Crippen molar-refractivity contribution in [3.8, 4) is 11.5 Å². The van der Waals surface area contributed by atoms with Crippen molar-refractivity contribution in [1.29, 1.82) is 0 Å². The molecule has 106 valence electrons. The molecule has 0 radical (unpaired) electrons. The van der Waals surface area contributed by atoms with Gasteiger partial charge in [0.05, 0.1) is 14.2 Å². The molecule has 0 heterocycles. The highest BCUT2D eigenvalue weighted by atomic mass is 16.5. The van der Waals surface area contributed by atoms with E-state index < -0.39 is 0 Å². The summed E-state index contributed by atoms with van der Waals surface area (Å²) in [5.74, 6) is 3.43. The maximum Gasteiger partial charge on any atom is 0.127 e. The van der Waals surface area contributed by atoms with Gasteiger partial charge in [0.15, 0.2) is 0 Å². The molecule has 0 spiro atoms. The third-order valence-corrected chi connectivity index (χ3v) is 4.08. The molecule has 1 N–H and O–H groups in total. The van der Waals surface area contributed by atoms with Gasteiger partial charge in [-0.1, -0.05) is 13.0 Å². The summed E-state index contributed by atoms with van der Waals surface area (Å²) >= 11 is 0. The van der Waals surface area contributed by atoms with Crippen LogP contribution in [0.1, 0.15) is 38.3 Å². The molecule has 0 saturated heterocycles. The Morgan fingerprint density at radius 2 is 1.95 bits per heavy atom. The minimum Gasteiger partial charge on any atom is -0.497 e. The molecular weight excluding hydrogens is 238 g/mol. The zero-order valence-corrected chi connectivity index (χ0v) is 12.4. The van der Waals surface area contributed by atoms with Crippen LogP contribution in [-0.2, 0) is 0 Å². The Bertz CT molecular complexity index is 415. The van der Waals surface area contributed by atoms with Crippen molar-refractivity contribution in [3.05, 3.63) is 23.8 Å². The summed E-state index contributed by atoms with van der Waals surface area (Å²) in [4.78, 5) is 0. The summed E-state index contributed by atoms with van der Waals surface area (Å²) in [5, 5.41) is 3.61. The van der Waals surface area contributed by atoms with Crippen molar-refractivity contribution in [2.24, 2.45) is 11.8 Å². The van der Waals surface area contributed by atoms with Crippen LogP contribution < -0.4 is 14.8 Å². The molecule has 1 fully saturated rings. The Morgan fingerprint density at radius 3 is 2.53 bits per heavy atom. The largest absolute Gasteiger partial charge is 0.497 e. The second-order valence-electron chi connectivity index (χ2n) is 5.55. The maximum absolute atomic E-state index is 5.46. The third kappa shape index (κ3) is 3.63. The highest BCUT2D eigenvalue weighted by Gasteiger charge is 2.27. The van der Waals surface area contributed by atoms with E-state index in [9.17, 15) is 0 Å². The van der Waals surface area contributed by atoms with Gasteiger partial charge in [-0.05, 0) is 44.2 Å². The lowest BCUT2D eigenvalue weighted by Crippen LogP contribution is -2.25. The molecule has 2 unspecified atom stereocenters. The van der Waals surface area contributed by atoms with E-state index in [1.165, 1.54) is 18.4 Å². The molecule has 19 heavy (non-hydrogen) atoms. The summed E-state index contributed by atoms with van der Waals surface area (Å²) in [7, 11) is 3.38. The van der Waals surface area contributed by atoms with Gasteiger partial charge in [-0.15, -0.1) is 0 Å². The molecule has 1 aromatic rings. The first-order valence-corrected chi connectivity index (χ1v) is 7.11. The fourth-order valence-corrected chi connectivity index (χ4v) is 2.48. The molecule has 1 aromatic carbocycles. The van der Waals surface area contributed by atoms with E-state index in [2.05, 4.69) is 25.2 Å².